The van der Waals surface area contributed by atoms with E-state index in [1.54, 1.807) is 0 Å². The molecule has 0 N–H and O–H groups in total. The summed E-state index contributed by atoms with van der Waals surface area (Å²) in [7, 11) is 0. The zero-order chi connectivity index (χ0) is 9.15. The minimum atomic E-state index is 1.17. The van der Waals surface area contributed by atoms with E-state index in [1.807, 2.05) is 34.5 Å². The SMILES string of the molecule is C=C(C)C.C=C(C)C.C=O. The average molecular weight is 142 g/mol. The summed E-state index contributed by atoms with van der Waals surface area (Å²) in [4.78, 5) is 8.00. The summed E-state index contributed by atoms with van der Waals surface area (Å²) in [5.74, 6) is 0. The van der Waals surface area contributed by atoms with Crippen molar-refractivity contribution in [3.05, 3.63) is 24.3 Å². The minimum absolute atomic E-state index is 1.17. The van der Waals surface area contributed by atoms with Gasteiger partial charge in [0.25, 0.3) is 0 Å². The molecular formula is C9H18O. The lowest BCUT2D eigenvalue weighted by molar-refractivity contribution is -0.0979. The Morgan fingerprint density at radius 2 is 0.800 bits per heavy atom. The Morgan fingerprint density at radius 1 is 0.800 bits per heavy atom. The molecule has 1 nitrogen and oxygen atoms in total. The van der Waals surface area contributed by atoms with E-state index in [1.165, 1.54) is 11.1 Å². The van der Waals surface area contributed by atoms with Gasteiger partial charge in [0.1, 0.15) is 6.79 Å². The minimum Gasteiger partial charge on any atom is -0.307 e. The molecule has 0 atom stereocenters. The van der Waals surface area contributed by atoms with Gasteiger partial charge >= 0.3 is 0 Å². The molecule has 10 heavy (non-hydrogen) atoms. The highest BCUT2D eigenvalue weighted by molar-refractivity contribution is 5.10. The smallest absolute Gasteiger partial charge is 0.106 e. The Labute approximate surface area is 64.5 Å². The monoisotopic (exact) mass is 142 g/mol. The molecule has 0 aliphatic heterocycles. The van der Waals surface area contributed by atoms with Crippen LogP contribution in [0.3, 0.4) is 0 Å². The summed E-state index contributed by atoms with van der Waals surface area (Å²) < 4.78 is 0. The number of allylic oxidation sites excluding steroid dienone is 2. The standard InChI is InChI=1S/2C4H8.CH2O/c2*1-4(2)3;1-2/h2*1H2,2-3H3;1H2. The van der Waals surface area contributed by atoms with Gasteiger partial charge in [-0.3, -0.25) is 0 Å². The predicted molar refractivity (Wildman–Crippen MR) is 48.1 cm³/mol. The first-order valence-electron chi connectivity index (χ1n) is 3.00. The Morgan fingerprint density at radius 3 is 0.800 bits per heavy atom. The average Bonchev–Trinajstić information content (AvgIpc) is 1.66. The molecule has 0 bridgehead atoms. The number of carbonyl (C=O) groups is 1. The molecule has 0 radical (unpaired) electrons. The Hall–Kier alpha value is -0.850. The first-order valence-corrected chi connectivity index (χ1v) is 3.00. The van der Waals surface area contributed by atoms with Crippen LogP contribution in [-0.4, -0.2) is 6.79 Å². The molecule has 0 spiro atoms. The van der Waals surface area contributed by atoms with Crippen molar-refractivity contribution in [3.8, 4) is 0 Å². The van der Waals surface area contributed by atoms with Gasteiger partial charge in [-0.05, 0) is 27.7 Å². The fourth-order valence-electron chi connectivity index (χ4n) is 0. The molecule has 0 aliphatic carbocycles. The fourth-order valence-corrected chi connectivity index (χ4v) is 0. The number of rotatable bonds is 0. The van der Waals surface area contributed by atoms with Crippen molar-refractivity contribution in [1.82, 2.24) is 0 Å². The van der Waals surface area contributed by atoms with Crippen LogP contribution in [0.5, 0.6) is 0 Å². The van der Waals surface area contributed by atoms with Crippen molar-refractivity contribution >= 4 is 6.79 Å². The molecule has 0 saturated carbocycles. The summed E-state index contributed by atoms with van der Waals surface area (Å²) in [6.07, 6.45) is 0. The van der Waals surface area contributed by atoms with Crippen LogP contribution < -0.4 is 0 Å². The van der Waals surface area contributed by atoms with Crippen LogP contribution >= 0.6 is 0 Å². The Balaban J connectivity index is -0.0000000787. The van der Waals surface area contributed by atoms with Gasteiger partial charge in [0, 0.05) is 0 Å². The second-order valence-corrected chi connectivity index (χ2v) is 2.41. The summed E-state index contributed by atoms with van der Waals surface area (Å²) in [6.45, 7) is 17.0. The lowest BCUT2D eigenvalue weighted by atomic mass is 10.4. The van der Waals surface area contributed by atoms with Crippen molar-refractivity contribution in [2.24, 2.45) is 0 Å². The van der Waals surface area contributed by atoms with Crippen molar-refractivity contribution in [3.63, 3.8) is 0 Å². The molecule has 0 rings (SSSR count). The van der Waals surface area contributed by atoms with E-state index in [0.717, 1.165) is 0 Å². The van der Waals surface area contributed by atoms with Crippen LogP contribution in [-0.2, 0) is 4.79 Å². The van der Waals surface area contributed by atoms with Gasteiger partial charge in [0.15, 0.2) is 0 Å². The molecule has 0 heterocycles. The largest absolute Gasteiger partial charge is 0.307 e. The van der Waals surface area contributed by atoms with E-state index < -0.39 is 0 Å². The predicted octanol–water partition coefficient (Wildman–Crippen LogP) is 2.98. The maximum absolute atomic E-state index is 8.00. The van der Waals surface area contributed by atoms with Crippen LogP contribution in [0, 0.1) is 0 Å². The van der Waals surface area contributed by atoms with Crippen molar-refractivity contribution < 1.29 is 4.79 Å². The number of hydrogen-bond donors (Lipinski definition) is 0. The highest BCUT2D eigenvalue weighted by Gasteiger charge is 1.52. The molecule has 60 valence electrons. The highest BCUT2D eigenvalue weighted by atomic mass is 16.1. The van der Waals surface area contributed by atoms with Gasteiger partial charge in [-0.2, -0.15) is 0 Å². The molecule has 0 saturated heterocycles. The Kier molecular flexibility index (Phi) is 25.2. The van der Waals surface area contributed by atoms with E-state index in [-0.39, 0.29) is 0 Å². The first kappa shape index (κ1) is 16.1. The topological polar surface area (TPSA) is 17.1 Å². The van der Waals surface area contributed by atoms with Gasteiger partial charge in [-0.25, -0.2) is 0 Å². The third kappa shape index (κ3) is 374. The van der Waals surface area contributed by atoms with E-state index in [0.29, 0.717) is 0 Å². The Bertz CT molecular complexity index is 72.9. The lowest BCUT2D eigenvalue weighted by Crippen LogP contribution is -1.43. The second kappa shape index (κ2) is 15.7. The highest BCUT2D eigenvalue weighted by Crippen LogP contribution is 1.74. The van der Waals surface area contributed by atoms with Crippen LogP contribution in [0.4, 0.5) is 0 Å². The molecule has 0 fully saturated rings. The number of hydrogen-bond acceptors (Lipinski definition) is 1. The zero-order valence-corrected chi connectivity index (χ0v) is 7.53. The summed E-state index contributed by atoms with van der Waals surface area (Å²) in [5.41, 5.74) is 2.33. The fraction of sp³-hybridized carbons (Fsp3) is 0.444. The molecule has 0 aromatic carbocycles. The number of carbonyl (C=O) groups excluding carboxylic acids is 1. The van der Waals surface area contributed by atoms with Crippen molar-refractivity contribution in [2.45, 2.75) is 27.7 Å². The van der Waals surface area contributed by atoms with Crippen molar-refractivity contribution in [1.29, 1.82) is 0 Å². The molecule has 0 aromatic rings. The normalized spacial score (nSPS) is 5.60. The van der Waals surface area contributed by atoms with E-state index in [2.05, 4.69) is 13.2 Å². The third-order valence-corrected chi connectivity index (χ3v) is 0. The second-order valence-electron chi connectivity index (χ2n) is 2.41. The van der Waals surface area contributed by atoms with Gasteiger partial charge in [0.2, 0.25) is 0 Å². The lowest BCUT2D eigenvalue weighted by Gasteiger charge is -1.65. The molecular weight excluding hydrogens is 124 g/mol. The molecule has 0 aliphatic rings. The maximum atomic E-state index is 8.00. The molecule has 0 amide bonds. The van der Waals surface area contributed by atoms with Gasteiger partial charge in [-0.1, -0.05) is 11.1 Å². The molecule has 0 unspecified atom stereocenters. The maximum Gasteiger partial charge on any atom is 0.106 e. The van der Waals surface area contributed by atoms with Crippen molar-refractivity contribution in [2.75, 3.05) is 0 Å². The summed E-state index contributed by atoms with van der Waals surface area (Å²) >= 11 is 0. The quantitative estimate of drug-likeness (QED) is 0.475. The van der Waals surface area contributed by atoms with E-state index in [4.69, 9.17) is 4.79 Å². The van der Waals surface area contributed by atoms with Crippen LogP contribution in [0.1, 0.15) is 27.7 Å². The van der Waals surface area contributed by atoms with Crippen LogP contribution in [0.15, 0.2) is 24.3 Å². The molecule has 1 heteroatoms. The van der Waals surface area contributed by atoms with Gasteiger partial charge in [-0.15, -0.1) is 13.2 Å². The summed E-state index contributed by atoms with van der Waals surface area (Å²) in [6, 6.07) is 0. The van der Waals surface area contributed by atoms with Gasteiger partial charge < -0.3 is 4.79 Å². The van der Waals surface area contributed by atoms with E-state index >= 15 is 0 Å². The van der Waals surface area contributed by atoms with Gasteiger partial charge in [0.05, 0.1) is 0 Å². The first-order chi connectivity index (χ1) is 4.46. The van der Waals surface area contributed by atoms with Crippen LogP contribution in [0.25, 0.3) is 0 Å². The molecule has 0 aromatic heterocycles. The van der Waals surface area contributed by atoms with Crippen LogP contribution in [0.2, 0.25) is 0 Å². The summed E-state index contributed by atoms with van der Waals surface area (Å²) in [5, 5.41) is 0. The zero-order valence-electron chi connectivity index (χ0n) is 7.53. The van der Waals surface area contributed by atoms with E-state index in [9.17, 15) is 0 Å². The third-order valence-electron chi connectivity index (χ3n) is 0.